The lowest BCUT2D eigenvalue weighted by atomic mass is 10.0. The van der Waals surface area contributed by atoms with Crippen LogP contribution >= 0.6 is 0 Å². The van der Waals surface area contributed by atoms with E-state index in [1.54, 1.807) is 13.8 Å². The first-order chi connectivity index (χ1) is 15.1. The summed E-state index contributed by atoms with van der Waals surface area (Å²) in [5, 5.41) is 2.82. The summed E-state index contributed by atoms with van der Waals surface area (Å²) in [5.74, 6) is -1.20. The van der Waals surface area contributed by atoms with Crippen LogP contribution < -0.4 is 14.8 Å². The van der Waals surface area contributed by atoms with Gasteiger partial charge in [-0.1, -0.05) is 32.0 Å². The maximum Gasteiger partial charge on any atom is 0.338 e. The summed E-state index contributed by atoms with van der Waals surface area (Å²) < 4.78 is 37.9. The molecule has 0 fully saturated rings. The number of sulfonamides is 1. The number of nitrogens with one attached hydrogen (secondary N) is 2. The lowest BCUT2D eigenvalue weighted by molar-refractivity contribution is -0.119. The number of anilines is 1. The van der Waals surface area contributed by atoms with Crippen LogP contribution in [0.25, 0.3) is 0 Å². The lowest BCUT2D eigenvalue weighted by Gasteiger charge is -2.15. The van der Waals surface area contributed by atoms with Gasteiger partial charge in [-0.3, -0.25) is 4.79 Å². The van der Waals surface area contributed by atoms with Crippen molar-refractivity contribution in [2.24, 2.45) is 0 Å². The quantitative estimate of drug-likeness (QED) is 0.524. The molecule has 0 radical (unpaired) electrons. The molecule has 0 unspecified atom stereocenters. The number of ether oxygens (including phenoxy) is 2. The highest BCUT2D eigenvalue weighted by Gasteiger charge is 2.23. The summed E-state index contributed by atoms with van der Waals surface area (Å²) in [6.07, 6.45) is 1.49. The van der Waals surface area contributed by atoms with Crippen molar-refractivity contribution in [1.82, 2.24) is 4.72 Å². The molecule has 0 aromatic heterocycles. The van der Waals surface area contributed by atoms with Crippen molar-refractivity contribution in [1.29, 1.82) is 0 Å². The molecule has 0 aliphatic heterocycles. The highest BCUT2D eigenvalue weighted by Crippen LogP contribution is 2.26. The van der Waals surface area contributed by atoms with Gasteiger partial charge in [0.2, 0.25) is 10.0 Å². The van der Waals surface area contributed by atoms with Gasteiger partial charge in [0, 0.05) is 11.7 Å². The number of hydrogen-bond acceptors (Lipinski definition) is 6. The van der Waals surface area contributed by atoms with Crippen molar-refractivity contribution in [2.45, 2.75) is 51.5 Å². The van der Waals surface area contributed by atoms with E-state index in [4.69, 9.17) is 9.47 Å². The Bertz CT molecular complexity index is 1060. The first-order valence-corrected chi connectivity index (χ1v) is 11.9. The van der Waals surface area contributed by atoms with Gasteiger partial charge in [0.1, 0.15) is 10.6 Å². The van der Waals surface area contributed by atoms with E-state index < -0.39 is 28.5 Å². The minimum Gasteiger partial charge on any atom is -0.495 e. The lowest BCUT2D eigenvalue weighted by Crippen LogP contribution is -2.30. The van der Waals surface area contributed by atoms with Crippen LogP contribution in [0, 0.1) is 0 Å². The summed E-state index contributed by atoms with van der Waals surface area (Å²) in [6.45, 7) is 6.85. The van der Waals surface area contributed by atoms with Crippen molar-refractivity contribution >= 4 is 27.6 Å². The van der Waals surface area contributed by atoms with Gasteiger partial charge in [-0.25, -0.2) is 17.9 Å². The van der Waals surface area contributed by atoms with Gasteiger partial charge in [-0.2, -0.15) is 0 Å². The molecule has 8 nitrogen and oxygen atoms in total. The zero-order valence-corrected chi connectivity index (χ0v) is 19.8. The average Bonchev–Trinajstić information content (AvgIpc) is 2.76. The van der Waals surface area contributed by atoms with Gasteiger partial charge in [0.25, 0.3) is 5.91 Å². The monoisotopic (exact) mass is 462 g/mol. The maximum atomic E-state index is 12.6. The molecule has 0 bridgehead atoms. The number of carbonyl (C=O) groups excluding carboxylic acids is 2. The summed E-state index contributed by atoms with van der Waals surface area (Å²) in [5.41, 5.74) is 2.71. The Morgan fingerprint density at radius 1 is 1.03 bits per heavy atom. The number of esters is 1. The van der Waals surface area contributed by atoms with E-state index in [0.717, 1.165) is 29.7 Å². The Morgan fingerprint density at radius 2 is 1.66 bits per heavy atom. The standard InChI is InChI=1S/C23H30N2O6S/c1-6-16-9-8-10-17(7-2)22(16)24-21(26)14-31-23(27)18-11-12-19(30-5)20(13-18)32(28,29)25-15(3)4/h8-13,15,25H,6-7,14H2,1-5H3,(H,24,26). The molecular formula is C23H30N2O6S. The number of rotatable bonds is 10. The highest BCUT2D eigenvalue weighted by atomic mass is 32.2. The molecule has 2 aromatic carbocycles. The van der Waals surface area contributed by atoms with E-state index in [2.05, 4.69) is 10.0 Å². The van der Waals surface area contributed by atoms with E-state index >= 15 is 0 Å². The first kappa shape index (κ1) is 25.4. The van der Waals surface area contributed by atoms with Crippen LogP contribution in [-0.2, 0) is 32.4 Å². The van der Waals surface area contributed by atoms with Crippen molar-refractivity contribution in [3.8, 4) is 5.75 Å². The zero-order valence-electron chi connectivity index (χ0n) is 19.0. The molecule has 0 saturated carbocycles. The summed E-state index contributed by atoms with van der Waals surface area (Å²) in [4.78, 5) is 24.7. The van der Waals surface area contributed by atoms with Crippen LogP contribution in [0.15, 0.2) is 41.3 Å². The number of carbonyl (C=O) groups is 2. The number of amides is 1. The van der Waals surface area contributed by atoms with Crippen LogP contribution in [0.1, 0.15) is 49.2 Å². The van der Waals surface area contributed by atoms with Gasteiger partial charge in [-0.05, 0) is 56.0 Å². The van der Waals surface area contributed by atoms with Crippen LogP contribution in [0.3, 0.4) is 0 Å². The van der Waals surface area contributed by atoms with Gasteiger partial charge in [0.15, 0.2) is 6.61 Å². The molecule has 0 saturated heterocycles. The SMILES string of the molecule is CCc1cccc(CC)c1NC(=O)COC(=O)c1ccc(OC)c(S(=O)(=O)NC(C)C)c1. The molecular weight excluding hydrogens is 432 g/mol. The van der Waals surface area contributed by atoms with Crippen LogP contribution in [0.4, 0.5) is 5.69 Å². The molecule has 2 rings (SSSR count). The third kappa shape index (κ3) is 6.30. The van der Waals surface area contributed by atoms with Crippen LogP contribution in [-0.4, -0.2) is 40.1 Å². The van der Waals surface area contributed by atoms with Crippen LogP contribution in [0.2, 0.25) is 0 Å². The Morgan fingerprint density at radius 3 is 2.19 bits per heavy atom. The first-order valence-electron chi connectivity index (χ1n) is 10.4. The fraction of sp³-hybridized carbons (Fsp3) is 0.391. The third-order valence-corrected chi connectivity index (χ3v) is 6.36. The molecule has 2 aromatic rings. The third-order valence-electron chi connectivity index (χ3n) is 4.68. The molecule has 0 spiro atoms. The number of methoxy groups -OCH3 is 1. The predicted octanol–water partition coefficient (Wildman–Crippen LogP) is 3.30. The summed E-state index contributed by atoms with van der Waals surface area (Å²) >= 11 is 0. The average molecular weight is 463 g/mol. The second-order valence-corrected chi connectivity index (χ2v) is 9.11. The molecule has 1 amide bonds. The normalized spacial score (nSPS) is 11.3. The molecule has 0 atom stereocenters. The van der Waals surface area contributed by atoms with Crippen molar-refractivity contribution < 1.29 is 27.5 Å². The topological polar surface area (TPSA) is 111 Å². The van der Waals surface area contributed by atoms with Crippen molar-refractivity contribution in [3.63, 3.8) is 0 Å². The molecule has 2 N–H and O–H groups in total. The highest BCUT2D eigenvalue weighted by molar-refractivity contribution is 7.89. The zero-order chi connectivity index (χ0) is 23.9. The second-order valence-electron chi connectivity index (χ2n) is 7.42. The number of benzene rings is 2. The molecule has 0 heterocycles. The Kier molecular flexibility index (Phi) is 8.80. The predicted molar refractivity (Wildman–Crippen MR) is 123 cm³/mol. The van der Waals surface area contributed by atoms with Gasteiger partial charge >= 0.3 is 5.97 Å². The Hall–Kier alpha value is -2.91. The summed E-state index contributed by atoms with van der Waals surface area (Å²) in [7, 11) is -2.57. The summed E-state index contributed by atoms with van der Waals surface area (Å²) in [6, 6.07) is 9.40. The maximum absolute atomic E-state index is 12.6. The Labute approximate surface area is 189 Å². The molecule has 32 heavy (non-hydrogen) atoms. The minimum atomic E-state index is -3.91. The van der Waals surface area contributed by atoms with Gasteiger partial charge < -0.3 is 14.8 Å². The number of hydrogen-bond donors (Lipinski definition) is 2. The largest absolute Gasteiger partial charge is 0.495 e. The van der Waals surface area contributed by atoms with E-state index in [-0.39, 0.29) is 22.3 Å². The molecule has 9 heteroatoms. The van der Waals surface area contributed by atoms with Gasteiger partial charge in [0.05, 0.1) is 12.7 Å². The van der Waals surface area contributed by atoms with Crippen LogP contribution in [0.5, 0.6) is 5.75 Å². The molecule has 0 aliphatic carbocycles. The second kappa shape index (κ2) is 11.1. The molecule has 174 valence electrons. The van der Waals surface area contributed by atoms with Crippen molar-refractivity contribution in [2.75, 3.05) is 19.0 Å². The van der Waals surface area contributed by atoms with Crippen molar-refractivity contribution in [3.05, 3.63) is 53.1 Å². The van der Waals surface area contributed by atoms with E-state index in [1.165, 1.54) is 25.3 Å². The van der Waals surface area contributed by atoms with Gasteiger partial charge in [-0.15, -0.1) is 0 Å². The van der Waals surface area contributed by atoms with E-state index in [0.29, 0.717) is 0 Å². The number of para-hydroxylation sites is 1. The number of aryl methyl sites for hydroxylation is 2. The Balaban J connectivity index is 2.15. The van der Waals surface area contributed by atoms with E-state index in [1.807, 2.05) is 32.0 Å². The fourth-order valence-corrected chi connectivity index (χ4v) is 4.63. The molecule has 0 aliphatic rings. The van der Waals surface area contributed by atoms with E-state index in [9.17, 15) is 18.0 Å². The minimum absolute atomic E-state index is 0.00839. The smallest absolute Gasteiger partial charge is 0.338 e. The fourth-order valence-electron chi connectivity index (χ4n) is 3.18.